The third-order valence-corrected chi connectivity index (χ3v) is 4.08. The summed E-state index contributed by atoms with van der Waals surface area (Å²) in [4.78, 5) is 12.7. The van der Waals surface area contributed by atoms with Crippen molar-refractivity contribution in [2.45, 2.75) is 0 Å². The molecule has 0 saturated carbocycles. The topological polar surface area (TPSA) is 150 Å². The maximum atomic E-state index is 12.7. The highest BCUT2D eigenvalue weighted by Crippen LogP contribution is 2.37. The molecule has 1 saturated heterocycles. The summed E-state index contributed by atoms with van der Waals surface area (Å²) in [5, 5.41) is 60.1. The minimum atomic E-state index is -0.641. The summed E-state index contributed by atoms with van der Waals surface area (Å²) < 4.78 is 0. The molecule has 1 fully saturated rings. The first-order valence-corrected chi connectivity index (χ1v) is 7.92. The van der Waals surface area contributed by atoms with E-state index in [0.29, 0.717) is 22.3 Å². The summed E-state index contributed by atoms with van der Waals surface area (Å²) in [5.74, 6) is -3.62. The SMILES string of the molecule is O=C1/C(=C/c2cc(O)c(O)c(O)c2)CNC/C1=C\c1cc(O)c(O)c(O)c1. The lowest BCUT2D eigenvalue weighted by atomic mass is 9.95. The minimum Gasteiger partial charge on any atom is -0.504 e. The molecule has 0 amide bonds. The zero-order chi connectivity index (χ0) is 19.7. The van der Waals surface area contributed by atoms with Crippen molar-refractivity contribution in [2.24, 2.45) is 0 Å². The molecule has 1 aliphatic heterocycles. The van der Waals surface area contributed by atoms with Gasteiger partial charge in [0.2, 0.25) is 0 Å². The molecular weight excluding hydrogens is 354 g/mol. The molecule has 7 N–H and O–H groups in total. The Morgan fingerprint density at radius 3 is 1.33 bits per heavy atom. The second-order valence-electron chi connectivity index (χ2n) is 6.09. The smallest absolute Gasteiger partial charge is 0.200 e. The van der Waals surface area contributed by atoms with Gasteiger partial charge in [0.25, 0.3) is 0 Å². The third-order valence-electron chi connectivity index (χ3n) is 4.08. The Bertz CT molecular complexity index is 868. The van der Waals surface area contributed by atoms with Crippen molar-refractivity contribution in [1.82, 2.24) is 5.32 Å². The van der Waals surface area contributed by atoms with E-state index in [4.69, 9.17) is 0 Å². The van der Waals surface area contributed by atoms with E-state index in [-0.39, 0.29) is 18.9 Å². The van der Waals surface area contributed by atoms with Gasteiger partial charge in [-0.25, -0.2) is 0 Å². The van der Waals surface area contributed by atoms with Gasteiger partial charge in [-0.05, 0) is 47.5 Å². The van der Waals surface area contributed by atoms with Crippen LogP contribution in [0.2, 0.25) is 0 Å². The maximum Gasteiger partial charge on any atom is 0.200 e. The van der Waals surface area contributed by atoms with Crippen LogP contribution in [0.5, 0.6) is 34.5 Å². The first kappa shape index (κ1) is 18.2. The number of rotatable bonds is 2. The van der Waals surface area contributed by atoms with E-state index in [1.807, 2.05) is 0 Å². The number of piperidine rings is 1. The van der Waals surface area contributed by atoms with Crippen LogP contribution in [-0.2, 0) is 4.79 Å². The Kier molecular flexibility index (Phi) is 4.66. The zero-order valence-electron chi connectivity index (χ0n) is 14.0. The summed E-state index contributed by atoms with van der Waals surface area (Å²) >= 11 is 0. The van der Waals surface area contributed by atoms with Crippen molar-refractivity contribution in [1.29, 1.82) is 0 Å². The molecule has 27 heavy (non-hydrogen) atoms. The number of aromatic hydroxyl groups is 6. The van der Waals surface area contributed by atoms with Crippen molar-refractivity contribution in [2.75, 3.05) is 13.1 Å². The lowest BCUT2D eigenvalue weighted by Crippen LogP contribution is -2.32. The quantitative estimate of drug-likeness (QED) is 0.310. The van der Waals surface area contributed by atoms with Gasteiger partial charge in [0.15, 0.2) is 40.3 Å². The average molecular weight is 371 g/mol. The molecule has 0 atom stereocenters. The van der Waals surface area contributed by atoms with Crippen molar-refractivity contribution in [3.63, 3.8) is 0 Å². The van der Waals surface area contributed by atoms with Crippen LogP contribution < -0.4 is 5.32 Å². The standard InChI is InChI=1S/C19H17NO7/c21-13-3-9(4-14(22)18(13)26)1-11-7-20-8-12(17(11)25)2-10-5-15(23)19(27)16(24)6-10/h1-6,20-24,26-27H,7-8H2/b11-1+,12-2+. The average Bonchev–Trinajstić information content (AvgIpc) is 2.61. The highest BCUT2D eigenvalue weighted by atomic mass is 16.3. The number of phenols is 6. The van der Waals surface area contributed by atoms with E-state index < -0.39 is 34.5 Å². The fourth-order valence-electron chi connectivity index (χ4n) is 2.75. The lowest BCUT2D eigenvalue weighted by molar-refractivity contribution is -0.112. The molecule has 3 rings (SSSR count). The van der Waals surface area contributed by atoms with Gasteiger partial charge in [-0.3, -0.25) is 4.79 Å². The number of carbonyl (C=O) groups excluding carboxylic acids is 1. The number of Topliss-reactive ketones (excluding diaryl/α,β-unsaturated/α-hetero) is 1. The van der Waals surface area contributed by atoms with E-state index >= 15 is 0 Å². The van der Waals surface area contributed by atoms with Crippen molar-refractivity contribution < 1.29 is 35.4 Å². The Labute approximate surface area is 153 Å². The van der Waals surface area contributed by atoms with Gasteiger partial charge in [0, 0.05) is 24.2 Å². The predicted molar refractivity (Wildman–Crippen MR) is 96.7 cm³/mol. The number of phenolic OH excluding ortho intramolecular Hbond substituents is 6. The van der Waals surface area contributed by atoms with Crippen LogP contribution >= 0.6 is 0 Å². The highest BCUT2D eigenvalue weighted by Gasteiger charge is 2.21. The summed E-state index contributed by atoms with van der Waals surface area (Å²) in [6.07, 6.45) is 2.93. The molecule has 1 aliphatic rings. The number of ketones is 1. The predicted octanol–water partition coefficient (Wildman–Crippen LogP) is 1.56. The zero-order valence-corrected chi connectivity index (χ0v) is 14.0. The number of benzene rings is 2. The Balaban J connectivity index is 1.94. The Morgan fingerprint density at radius 2 is 1.00 bits per heavy atom. The fraction of sp³-hybridized carbons (Fsp3) is 0.105. The molecule has 8 nitrogen and oxygen atoms in total. The summed E-state index contributed by atoms with van der Waals surface area (Å²) in [5.41, 5.74) is 1.36. The van der Waals surface area contributed by atoms with Crippen molar-refractivity contribution >= 4 is 17.9 Å². The van der Waals surface area contributed by atoms with Gasteiger partial charge in [-0.2, -0.15) is 0 Å². The molecule has 0 spiro atoms. The lowest BCUT2D eigenvalue weighted by Gasteiger charge is -2.18. The Hall–Kier alpha value is -3.65. The second kappa shape index (κ2) is 6.93. The summed E-state index contributed by atoms with van der Waals surface area (Å²) in [6, 6.07) is 4.85. The van der Waals surface area contributed by atoms with Gasteiger partial charge in [-0.1, -0.05) is 0 Å². The monoisotopic (exact) mass is 371 g/mol. The molecule has 0 radical (unpaired) electrons. The summed E-state index contributed by atoms with van der Waals surface area (Å²) in [7, 11) is 0. The van der Waals surface area contributed by atoms with Gasteiger partial charge >= 0.3 is 0 Å². The van der Waals surface area contributed by atoms with Crippen molar-refractivity contribution in [3.05, 3.63) is 46.5 Å². The van der Waals surface area contributed by atoms with E-state index in [1.165, 1.54) is 36.4 Å². The third kappa shape index (κ3) is 3.65. The van der Waals surface area contributed by atoms with Crippen LogP contribution in [-0.4, -0.2) is 49.5 Å². The highest BCUT2D eigenvalue weighted by molar-refractivity contribution is 6.14. The first-order valence-electron chi connectivity index (χ1n) is 7.92. The van der Waals surface area contributed by atoms with Gasteiger partial charge in [0.1, 0.15) is 0 Å². The van der Waals surface area contributed by atoms with E-state index in [1.54, 1.807) is 0 Å². The van der Waals surface area contributed by atoms with E-state index in [2.05, 4.69) is 5.32 Å². The van der Waals surface area contributed by atoms with Crippen molar-refractivity contribution in [3.8, 4) is 34.5 Å². The molecule has 2 aromatic rings. The van der Waals surface area contributed by atoms with Gasteiger partial charge < -0.3 is 36.0 Å². The van der Waals surface area contributed by atoms with Crippen LogP contribution in [0.25, 0.3) is 12.2 Å². The van der Waals surface area contributed by atoms with Crippen LogP contribution in [0.4, 0.5) is 0 Å². The molecule has 1 heterocycles. The number of hydrogen-bond acceptors (Lipinski definition) is 8. The fourth-order valence-corrected chi connectivity index (χ4v) is 2.75. The van der Waals surface area contributed by atoms with Gasteiger partial charge in [-0.15, -0.1) is 0 Å². The molecular formula is C19H17NO7. The summed E-state index contributed by atoms with van der Waals surface area (Å²) in [6.45, 7) is 0.509. The maximum absolute atomic E-state index is 12.7. The van der Waals surface area contributed by atoms with Gasteiger partial charge in [0.05, 0.1) is 0 Å². The van der Waals surface area contributed by atoms with Crippen LogP contribution in [0.1, 0.15) is 11.1 Å². The molecule has 0 bridgehead atoms. The minimum absolute atomic E-state index is 0.255. The molecule has 0 unspecified atom stereocenters. The first-order chi connectivity index (χ1) is 12.8. The van der Waals surface area contributed by atoms with Crippen LogP contribution in [0, 0.1) is 0 Å². The largest absolute Gasteiger partial charge is 0.504 e. The number of hydrogen-bond donors (Lipinski definition) is 7. The second-order valence-corrected chi connectivity index (χ2v) is 6.09. The molecule has 0 aliphatic carbocycles. The van der Waals surface area contributed by atoms with Crippen LogP contribution in [0.3, 0.4) is 0 Å². The molecule has 8 heteroatoms. The molecule has 2 aromatic carbocycles. The van der Waals surface area contributed by atoms with E-state index in [9.17, 15) is 35.4 Å². The molecule has 0 aromatic heterocycles. The Morgan fingerprint density at radius 1 is 0.667 bits per heavy atom. The van der Waals surface area contributed by atoms with Crippen LogP contribution in [0.15, 0.2) is 35.4 Å². The number of carbonyl (C=O) groups is 1. The normalized spacial score (nSPS) is 17.6. The number of nitrogens with one attached hydrogen (secondary N) is 1. The van der Waals surface area contributed by atoms with E-state index in [0.717, 1.165) is 0 Å². The molecule has 140 valence electrons.